The molecule has 1 aromatic heterocycles. The number of piperidine rings is 1. The monoisotopic (exact) mass is 272 g/mol. The zero-order chi connectivity index (χ0) is 12.8. The van der Waals surface area contributed by atoms with Crippen molar-refractivity contribution in [2.45, 2.75) is 43.8 Å². The second kappa shape index (κ2) is 4.50. The molecule has 2 aliphatic rings. The van der Waals surface area contributed by atoms with Crippen LogP contribution in [0.2, 0.25) is 0 Å². The van der Waals surface area contributed by atoms with Crippen molar-refractivity contribution in [3.05, 3.63) is 29.6 Å². The first kappa shape index (κ1) is 11.7. The zero-order valence-electron chi connectivity index (χ0n) is 11.3. The molecule has 2 saturated heterocycles. The molecule has 3 heterocycles. The molecule has 2 atom stereocenters. The number of thiophene rings is 1. The van der Waals surface area contributed by atoms with Crippen molar-refractivity contribution in [2.75, 3.05) is 12.4 Å². The van der Waals surface area contributed by atoms with Gasteiger partial charge >= 0.3 is 0 Å². The van der Waals surface area contributed by atoms with E-state index in [9.17, 15) is 0 Å². The molecular formula is C16H20N2S. The molecule has 2 fully saturated rings. The first-order chi connectivity index (χ1) is 9.29. The van der Waals surface area contributed by atoms with Crippen molar-refractivity contribution < 1.29 is 0 Å². The van der Waals surface area contributed by atoms with E-state index in [1.54, 1.807) is 0 Å². The molecule has 0 radical (unpaired) electrons. The first-order valence-electron chi connectivity index (χ1n) is 7.25. The van der Waals surface area contributed by atoms with Crippen molar-refractivity contribution in [2.24, 2.45) is 0 Å². The number of nitrogens with zero attached hydrogens (tertiary/aromatic N) is 1. The van der Waals surface area contributed by atoms with Gasteiger partial charge in [0.25, 0.3) is 0 Å². The summed E-state index contributed by atoms with van der Waals surface area (Å²) in [6.07, 6.45) is 5.38. The van der Waals surface area contributed by atoms with E-state index in [4.69, 9.17) is 0 Å². The van der Waals surface area contributed by atoms with Crippen LogP contribution in [0.25, 0.3) is 10.1 Å². The lowest BCUT2D eigenvalue weighted by Gasteiger charge is -2.37. The summed E-state index contributed by atoms with van der Waals surface area (Å²) >= 11 is 1.82. The number of rotatable bonds is 2. The highest BCUT2D eigenvalue weighted by molar-refractivity contribution is 7.17. The van der Waals surface area contributed by atoms with Crippen molar-refractivity contribution in [3.8, 4) is 0 Å². The van der Waals surface area contributed by atoms with Crippen LogP contribution in [-0.4, -0.2) is 30.1 Å². The summed E-state index contributed by atoms with van der Waals surface area (Å²) in [5, 5.41) is 7.30. The minimum Gasteiger partial charge on any atom is -0.382 e. The SMILES string of the molecule is CN1C2CCC1CC(Nc1ccc3sccc3c1)C2. The fraction of sp³-hybridized carbons (Fsp3) is 0.500. The van der Waals surface area contributed by atoms with E-state index in [0.29, 0.717) is 6.04 Å². The Morgan fingerprint density at radius 1 is 1.16 bits per heavy atom. The van der Waals surface area contributed by atoms with Crippen LogP contribution in [0.1, 0.15) is 25.7 Å². The molecule has 2 aliphatic heterocycles. The normalized spacial score (nSPS) is 30.9. The van der Waals surface area contributed by atoms with Crippen LogP contribution in [0, 0.1) is 0 Å². The number of nitrogens with one attached hydrogen (secondary N) is 1. The van der Waals surface area contributed by atoms with Crippen molar-refractivity contribution >= 4 is 27.1 Å². The maximum atomic E-state index is 3.76. The molecule has 1 N–H and O–H groups in total. The molecule has 0 aliphatic carbocycles. The summed E-state index contributed by atoms with van der Waals surface area (Å²) < 4.78 is 1.38. The quantitative estimate of drug-likeness (QED) is 0.891. The van der Waals surface area contributed by atoms with Crippen molar-refractivity contribution in [1.82, 2.24) is 4.90 Å². The topological polar surface area (TPSA) is 15.3 Å². The molecule has 100 valence electrons. The molecule has 3 heteroatoms. The van der Waals surface area contributed by atoms with Gasteiger partial charge in [-0.1, -0.05) is 0 Å². The maximum absolute atomic E-state index is 3.76. The van der Waals surface area contributed by atoms with Crippen LogP contribution >= 0.6 is 11.3 Å². The lowest BCUT2D eigenvalue weighted by Crippen LogP contribution is -2.44. The summed E-state index contributed by atoms with van der Waals surface area (Å²) in [5.41, 5.74) is 1.29. The van der Waals surface area contributed by atoms with Gasteiger partial charge in [0.1, 0.15) is 0 Å². The highest BCUT2D eigenvalue weighted by atomic mass is 32.1. The number of hydrogen-bond acceptors (Lipinski definition) is 3. The summed E-state index contributed by atoms with van der Waals surface area (Å²) in [5.74, 6) is 0. The average Bonchev–Trinajstić information content (AvgIpc) is 2.92. The Bertz CT molecular complexity index is 577. The predicted molar refractivity (Wildman–Crippen MR) is 83.0 cm³/mol. The number of hydrogen-bond donors (Lipinski definition) is 1. The van der Waals surface area contributed by atoms with Gasteiger partial charge in [0.2, 0.25) is 0 Å². The standard InChI is InChI=1S/C16H20N2S/c1-18-14-3-4-15(18)10-13(9-14)17-12-2-5-16-11(8-12)6-7-19-16/h2,5-8,13-15,17H,3-4,9-10H2,1H3. The van der Waals surface area contributed by atoms with Gasteiger partial charge in [0, 0.05) is 28.5 Å². The van der Waals surface area contributed by atoms with E-state index in [1.165, 1.54) is 41.5 Å². The maximum Gasteiger partial charge on any atom is 0.0349 e. The molecule has 0 spiro atoms. The number of benzene rings is 1. The average molecular weight is 272 g/mol. The molecule has 4 rings (SSSR count). The summed E-state index contributed by atoms with van der Waals surface area (Å²) in [6, 6.07) is 11.3. The third kappa shape index (κ3) is 2.05. The summed E-state index contributed by atoms with van der Waals surface area (Å²) in [4.78, 5) is 2.60. The van der Waals surface area contributed by atoms with E-state index in [1.807, 2.05) is 11.3 Å². The molecule has 0 saturated carbocycles. The van der Waals surface area contributed by atoms with E-state index in [2.05, 4.69) is 46.9 Å². The third-order valence-corrected chi connectivity index (χ3v) is 5.82. The minimum absolute atomic E-state index is 0.657. The Kier molecular flexibility index (Phi) is 2.78. The Morgan fingerprint density at radius 2 is 1.95 bits per heavy atom. The molecule has 0 amide bonds. The Balaban J connectivity index is 1.52. The van der Waals surface area contributed by atoms with E-state index >= 15 is 0 Å². The lowest BCUT2D eigenvalue weighted by molar-refractivity contribution is 0.169. The Morgan fingerprint density at radius 3 is 2.74 bits per heavy atom. The minimum atomic E-state index is 0.657. The van der Waals surface area contributed by atoms with Gasteiger partial charge in [-0.25, -0.2) is 0 Å². The van der Waals surface area contributed by atoms with Gasteiger partial charge in [-0.2, -0.15) is 0 Å². The predicted octanol–water partition coefficient (Wildman–Crippen LogP) is 3.94. The largest absolute Gasteiger partial charge is 0.382 e. The summed E-state index contributed by atoms with van der Waals surface area (Å²) in [7, 11) is 2.30. The van der Waals surface area contributed by atoms with Crippen LogP contribution in [0.4, 0.5) is 5.69 Å². The van der Waals surface area contributed by atoms with E-state index < -0.39 is 0 Å². The smallest absolute Gasteiger partial charge is 0.0349 e. The van der Waals surface area contributed by atoms with E-state index in [-0.39, 0.29) is 0 Å². The lowest BCUT2D eigenvalue weighted by atomic mass is 9.97. The van der Waals surface area contributed by atoms with Gasteiger partial charge < -0.3 is 10.2 Å². The van der Waals surface area contributed by atoms with Gasteiger partial charge in [-0.05, 0) is 67.8 Å². The zero-order valence-corrected chi connectivity index (χ0v) is 12.1. The third-order valence-electron chi connectivity index (χ3n) is 4.92. The van der Waals surface area contributed by atoms with Crippen LogP contribution in [0.15, 0.2) is 29.6 Å². The molecule has 2 nitrogen and oxygen atoms in total. The Labute approximate surface area is 118 Å². The fourth-order valence-corrected chi connectivity index (χ4v) is 4.59. The first-order valence-corrected chi connectivity index (χ1v) is 8.13. The summed E-state index contributed by atoms with van der Waals surface area (Å²) in [6.45, 7) is 0. The van der Waals surface area contributed by atoms with E-state index in [0.717, 1.165) is 12.1 Å². The molecule has 2 aromatic rings. The highest BCUT2D eigenvalue weighted by Crippen LogP contribution is 2.35. The van der Waals surface area contributed by atoms with Gasteiger partial charge in [-0.3, -0.25) is 0 Å². The van der Waals surface area contributed by atoms with Crippen LogP contribution in [0.3, 0.4) is 0 Å². The number of anilines is 1. The van der Waals surface area contributed by atoms with Gasteiger partial charge in [0.05, 0.1) is 0 Å². The van der Waals surface area contributed by atoms with Crippen LogP contribution in [-0.2, 0) is 0 Å². The molecular weight excluding hydrogens is 252 g/mol. The molecule has 2 unspecified atom stereocenters. The van der Waals surface area contributed by atoms with Crippen molar-refractivity contribution in [3.63, 3.8) is 0 Å². The number of fused-ring (bicyclic) bond motifs is 3. The molecule has 2 bridgehead atoms. The molecule has 19 heavy (non-hydrogen) atoms. The highest BCUT2D eigenvalue weighted by Gasteiger charge is 2.38. The second-order valence-corrected chi connectivity index (χ2v) is 6.98. The van der Waals surface area contributed by atoms with Crippen LogP contribution in [0.5, 0.6) is 0 Å². The molecule has 1 aromatic carbocycles. The van der Waals surface area contributed by atoms with Gasteiger partial charge in [-0.15, -0.1) is 11.3 Å². The fourth-order valence-electron chi connectivity index (χ4n) is 3.82. The Hall–Kier alpha value is -1.06. The van der Waals surface area contributed by atoms with Crippen molar-refractivity contribution in [1.29, 1.82) is 0 Å². The second-order valence-electron chi connectivity index (χ2n) is 6.04. The van der Waals surface area contributed by atoms with Crippen LogP contribution < -0.4 is 5.32 Å². The van der Waals surface area contributed by atoms with Gasteiger partial charge in [0.15, 0.2) is 0 Å².